The number of nitrogens with one attached hydrogen (secondary N) is 2. The van der Waals surface area contributed by atoms with Gasteiger partial charge in [-0.25, -0.2) is 9.79 Å². The number of aliphatic imine (C=N–C) groups is 1. The third-order valence-electron chi connectivity index (χ3n) is 4.60. The maximum Gasteiger partial charge on any atom is 0.410 e. The Morgan fingerprint density at radius 2 is 2.06 bits per heavy atom. The molecule has 1 heterocycles. The monoisotopic (exact) mass is 562 g/mol. The van der Waals surface area contributed by atoms with Crippen LogP contribution >= 0.6 is 24.0 Å². The van der Waals surface area contributed by atoms with Crippen molar-refractivity contribution in [3.8, 4) is 5.75 Å². The Morgan fingerprint density at radius 1 is 1.31 bits per heavy atom. The van der Waals surface area contributed by atoms with Gasteiger partial charge < -0.3 is 29.7 Å². The lowest BCUT2D eigenvalue weighted by molar-refractivity contribution is 0.0302. The summed E-state index contributed by atoms with van der Waals surface area (Å²) < 4.78 is 17.0. The Hall–Kier alpha value is -1.75. The first-order chi connectivity index (χ1) is 14.7. The van der Waals surface area contributed by atoms with Gasteiger partial charge in [0.2, 0.25) is 0 Å². The van der Waals surface area contributed by atoms with Gasteiger partial charge in [-0.3, -0.25) is 0 Å². The van der Waals surface area contributed by atoms with E-state index in [0.717, 1.165) is 36.4 Å². The van der Waals surface area contributed by atoms with Crippen LogP contribution in [0.4, 0.5) is 4.79 Å². The maximum absolute atomic E-state index is 12.1. The molecule has 1 fully saturated rings. The molecule has 1 atom stereocenters. The number of rotatable bonds is 8. The third kappa shape index (κ3) is 10.2. The summed E-state index contributed by atoms with van der Waals surface area (Å²) in [6, 6.07) is 6.18. The van der Waals surface area contributed by atoms with Crippen LogP contribution in [0.3, 0.4) is 0 Å². The van der Waals surface area contributed by atoms with Gasteiger partial charge in [0.15, 0.2) is 5.96 Å². The minimum atomic E-state index is -0.506. The molecule has 1 aromatic carbocycles. The number of nitrogens with zero attached hydrogens (tertiary/aromatic N) is 2. The zero-order valence-corrected chi connectivity index (χ0v) is 22.5. The largest absolute Gasteiger partial charge is 0.488 e. The van der Waals surface area contributed by atoms with Crippen molar-refractivity contribution in [1.29, 1.82) is 0 Å². The van der Waals surface area contributed by atoms with Gasteiger partial charge in [0.1, 0.15) is 17.5 Å². The number of carbonyl (C=O) groups is 1. The summed E-state index contributed by atoms with van der Waals surface area (Å²) in [4.78, 5) is 18.3. The molecule has 0 aliphatic carbocycles. The van der Waals surface area contributed by atoms with E-state index in [1.807, 2.05) is 27.7 Å². The number of ether oxygens (including phenoxy) is 3. The lowest BCUT2D eigenvalue weighted by Gasteiger charge is -2.25. The van der Waals surface area contributed by atoms with Crippen LogP contribution in [0, 0.1) is 6.92 Å². The van der Waals surface area contributed by atoms with Crippen LogP contribution in [0.2, 0.25) is 0 Å². The highest BCUT2D eigenvalue weighted by Crippen LogP contribution is 2.24. The Kier molecular flexibility index (Phi) is 12.1. The van der Waals surface area contributed by atoms with Gasteiger partial charge in [0.25, 0.3) is 0 Å². The number of carbonyl (C=O) groups excluding carboxylic acids is 1. The Labute approximate surface area is 209 Å². The predicted octanol–water partition coefficient (Wildman–Crippen LogP) is 3.70. The highest BCUT2D eigenvalue weighted by molar-refractivity contribution is 14.0. The Balaban J connectivity index is 0.00000512. The third-order valence-corrected chi connectivity index (χ3v) is 4.60. The fourth-order valence-electron chi connectivity index (χ4n) is 2.97. The van der Waals surface area contributed by atoms with Crippen LogP contribution < -0.4 is 15.4 Å². The second-order valence-electron chi connectivity index (χ2n) is 8.74. The zero-order valence-electron chi connectivity index (χ0n) is 20.2. The van der Waals surface area contributed by atoms with Crippen LogP contribution in [0.15, 0.2) is 23.2 Å². The van der Waals surface area contributed by atoms with Gasteiger partial charge in [0, 0.05) is 38.7 Å². The van der Waals surface area contributed by atoms with Crippen molar-refractivity contribution in [3.05, 3.63) is 29.3 Å². The normalized spacial score (nSPS) is 16.2. The Morgan fingerprint density at radius 3 is 2.69 bits per heavy atom. The topological polar surface area (TPSA) is 84.4 Å². The van der Waals surface area contributed by atoms with Crippen LogP contribution in [-0.2, 0) is 16.0 Å². The molecular weight excluding hydrogens is 523 g/mol. The zero-order chi connectivity index (χ0) is 22.9. The van der Waals surface area contributed by atoms with Crippen molar-refractivity contribution in [2.45, 2.75) is 59.3 Å². The van der Waals surface area contributed by atoms with E-state index in [1.54, 1.807) is 11.9 Å². The molecule has 1 aliphatic rings. The van der Waals surface area contributed by atoms with E-state index in [-0.39, 0.29) is 36.2 Å². The number of guanidine groups is 1. The first-order valence-corrected chi connectivity index (χ1v) is 11.0. The number of halogens is 1. The number of likely N-dealkylation sites (N-methyl/N-ethyl adjacent to an activating group) is 1. The van der Waals surface area contributed by atoms with Crippen molar-refractivity contribution < 1.29 is 19.0 Å². The second-order valence-corrected chi connectivity index (χ2v) is 8.74. The molecule has 0 radical (unpaired) electrons. The van der Waals surface area contributed by atoms with E-state index in [2.05, 4.69) is 35.8 Å². The summed E-state index contributed by atoms with van der Waals surface area (Å²) in [7, 11) is 1.72. The van der Waals surface area contributed by atoms with E-state index in [9.17, 15) is 4.79 Å². The van der Waals surface area contributed by atoms with E-state index in [0.29, 0.717) is 32.2 Å². The molecule has 2 rings (SSSR count). The average molecular weight is 562 g/mol. The Bertz CT molecular complexity index is 746. The minimum absolute atomic E-state index is 0. The molecule has 1 unspecified atom stereocenters. The molecule has 8 nitrogen and oxygen atoms in total. The quantitative estimate of drug-likeness (QED) is 0.286. The van der Waals surface area contributed by atoms with Gasteiger partial charge >= 0.3 is 6.09 Å². The SMILES string of the molecule is CCNC(=NCc1ccc(C)cc1OC1CCOC1)NCCN(C)C(=O)OC(C)(C)C.I. The van der Waals surface area contributed by atoms with Gasteiger partial charge in [-0.2, -0.15) is 0 Å². The lowest BCUT2D eigenvalue weighted by atomic mass is 10.1. The summed E-state index contributed by atoms with van der Waals surface area (Å²) in [5.74, 6) is 1.55. The molecule has 32 heavy (non-hydrogen) atoms. The number of hydrogen-bond donors (Lipinski definition) is 2. The molecule has 1 aliphatic heterocycles. The first kappa shape index (κ1) is 28.3. The van der Waals surface area contributed by atoms with Crippen LogP contribution in [0.25, 0.3) is 0 Å². The highest BCUT2D eigenvalue weighted by atomic mass is 127. The van der Waals surface area contributed by atoms with Crippen molar-refractivity contribution >= 4 is 36.0 Å². The van der Waals surface area contributed by atoms with E-state index >= 15 is 0 Å². The van der Waals surface area contributed by atoms with Crippen molar-refractivity contribution in [2.75, 3.05) is 39.9 Å². The molecule has 0 aromatic heterocycles. The summed E-state index contributed by atoms with van der Waals surface area (Å²) in [5.41, 5.74) is 1.67. The van der Waals surface area contributed by atoms with Crippen LogP contribution in [0.1, 0.15) is 45.2 Å². The van der Waals surface area contributed by atoms with Crippen molar-refractivity contribution in [1.82, 2.24) is 15.5 Å². The molecule has 182 valence electrons. The highest BCUT2D eigenvalue weighted by Gasteiger charge is 2.20. The molecule has 0 spiro atoms. The van der Waals surface area contributed by atoms with E-state index in [1.165, 1.54) is 0 Å². The number of aryl methyl sites for hydroxylation is 1. The molecule has 0 saturated carbocycles. The van der Waals surface area contributed by atoms with Gasteiger partial charge in [-0.05, 0) is 46.2 Å². The molecule has 1 saturated heterocycles. The van der Waals surface area contributed by atoms with E-state index < -0.39 is 5.60 Å². The fourth-order valence-corrected chi connectivity index (χ4v) is 2.97. The fraction of sp³-hybridized carbons (Fsp3) is 0.652. The van der Waals surface area contributed by atoms with Crippen LogP contribution in [-0.4, -0.2) is 68.6 Å². The maximum atomic E-state index is 12.1. The lowest BCUT2D eigenvalue weighted by Crippen LogP contribution is -2.43. The molecular formula is C23H39IN4O4. The standard InChI is InChI=1S/C23H38N4O4.HI/c1-7-24-21(25-11-12-27(6)22(28)31-23(3,4)5)26-15-18-9-8-17(2)14-20(18)30-19-10-13-29-16-19;/h8-9,14,19H,7,10-13,15-16H2,1-6H3,(H2,24,25,26);1H. The first-order valence-electron chi connectivity index (χ1n) is 11.0. The van der Waals surface area contributed by atoms with Crippen molar-refractivity contribution in [2.24, 2.45) is 4.99 Å². The van der Waals surface area contributed by atoms with E-state index in [4.69, 9.17) is 19.2 Å². The number of amides is 1. The summed E-state index contributed by atoms with van der Waals surface area (Å²) in [6.07, 6.45) is 0.666. The second kappa shape index (κ2) is 13.7. The molecule has 2 N–H and O–H groups in total. The summed E-state index contributed by atoms with van der Waals surface area (Å²) in [5, 5.41) is 6.51. The number of benzene rings is 1. The van der Waals surface area contributed by atoms with Gasteiger partial charge in [-0.15, -0.1) is 24.0 Å². The van der Waals surface area contributed by atoms with Gasteiger partial charge in [0.05, 0.1) is 19.8 Å². The molecule has 1 aromatic rings. The van der Waals surface area contributed by atoms with Crippen molar-refractivity contribution in [3.63, 3.8) is 0 Å². The predicted molar refractivity (Wildman–Crippen MR) is 138 cm³/mol. The number of hydrogen-bond acceptors (Lipinski definition) is 5. The average Bonchev–Trinajstić information content (AvgIpc) is 3.18. The van der Waals surface area contributed by atoms with Gasteiger partial charge in [-0.1, -0.05) is 12.1 Å². The molecule has 9 heteroatoms. The minimum Gasteiger partial charge on any atom is -0.488 e. The summed E-state index contributed by atoms with van der Waals surface area (Å²) in [6.45, 7) is 13.3. The smallest absolute Gasteiger partial charge is 0.410 e. The molecule has 1 amide bonds. The van der Waals surface area contributed by atoms with Crippen LogP contribution in [0.5, 0.6) is 5.75 Å². The summed E-state index contributed by atoms with van der Waals surface area (Å²) >= 11 is 0. The molecule has 0 bridgehead atoms.